The Morgan fingerprint density at radius 3 is 1.66 bits per heavy atom. The monoisotopic (exact) mass is 433 g/mol. The molecule has 0 aliphatic rings. The zero-order valence-corrected chi connectivity index (χ0v) is 18.5. The molecule has 0 bridgehead atoms. The minimum absolute atomic E-state index is 0.148. The van der Waals surface area contributed by atoms with Crippen LogP contribution in [0.2, 0.25) is 0 Å². The summed E-state index contributed by atoms with van der Waals surface area (Å²) in [7, 11) is 2.92. The largest absolute Gasteiger partial charge is 0.496 e. The van der Waals surface area contributed by atoms with Crippen LogP contribution in [0.25, 0.3) is 0 Å². The summed E-state index contributed by atoms with van der Waals surface area (Å²) in [5.41, 5.74) is 2.12. The van der Waals surface area contributed by atoms with E-state index in [-0.39, 0.29) is 11.5 Å². The van der Waals surface area contributed by atoms with Gasteiger partial charge in [0.05, 0.1) is 14.2 Å². The Kier molecular flexibility index (Phi) is 7.86. The second kappa shape index (κ2) is 11.0. The van der Waals surface area contributed by atoms with Crippen LogP contribution in [-0.2, 0) is 22.6 Å². The Balaban J connectivity index is 1.80. The first-order chi connectivity index (χ1) is 15.5. The highest BCUT2D eigenvalue weighted by molar-refractivity contribution is 5.97. The Labute approximate surface area is 188 Å². The number of amides is 1. The molecule has 0 saturated heterocycles. The summed E-state index contributed by atoms with van der Waals surface area (Å²) in [4.78, 5) is 27.9. The normalized spacial score (nSPS) is 11.3. The van der Waals surface area contributed by atoms with Crippen molar-refractivity contribution in [3.8, 4) is 11.5 Å². The van der Waals surface area contributed by atoms with Crippen LogP contribution in [-0.4, -0.2) is 37.1 Å². The summed E-state index contributed by atoms with van der Waals surface area (Å²) in [6, 6.07) is 24.4. The maximum atomic E-state index is 13.3. The molecule has 3 aromatic rings. The maximum absolute atomic E-state index is 13.3. The van der Waals surface area contributed by atoms with E-state index in [4.69, 9.17) is 14.2 Å². The highest BCUT2D eigenvalue weighted by Gasteiger charge is 2.28. The second-order valence-corrected chi connectivity index (χ2v) is 7.25. The van der Waals surface area contributed by atoms with Gasteiger partial charge in [-0.05, 0) is 30.2 Å². The number of carbonyl (C=O) groups excluding carboxylic acids is 2. The van der Waals surface area contributed by atoms with E-state index in [1.165, 1.54) is 14.2 Å². The van der Waals surface area contributed by atoms with E-state index in [2.05, 4.69) is 0 Å². The van der Waals surface area contributed by atoms with Crippen molar-refractivity contribution >= 4 is 11.9 Å². The molecule has 0 fully saturated rings. The number of carbonyl (C=O) groups is 2. The molecule has 0 aliphatic carbocycles. The van der Waals surface area contributed by atoms with Crippen molar-refractivity contribution in [3.05, 3.63) is 95.6 Å². The third kappa shape index (κ3) is 5.66. The van der Waals surface area contributed by atoms with Crippen molar-refractivity contribution in [1.29, 1.82) is 0 Å². The molecule has 6 heteroatoms. The van der Waals surface area contributed by atoms with Crippen molar-refractivity contribution < 1.29 is 23.8 Å². The summed E-state index contributed by atoms with van der Waals surface area (Å²) >= 11 is 0. The van der Waals surface area contributed by atoms with Gasteiger partial charge in [0.2, 0.25) is 0 Å². The van der Waals surface area contributed by atoms with E-state index < -0.39 is 12.1 Å². The Hall–Kier alpha value is -3.80. The van der Waals surface area contributed by atoms with Crippen molar-refractivity contribution in [3.63, 3.8) is 0 Å². The minimum atomic E-state index is -0.996. The van der Waals surface area contributed by atoms with Gasteiger partial charge in [-0.1, -0.05) is 66.7 Å². The first-order valence-corrected chi connectivity index (χ1v) is 10.3. The zero-order chi connectivity index (χ0) is 22.9. The van der Waals surface area contributed by atoms with Gasteiger partial charge >= 0.3 is 5.97 Å². The molecular formula is C26H27NO5. The third-order valence-corrected chi connectivity index (χ3v) is 5.01. The van der Waals surface area contributed by atoms with Crippen LogP contribution in [0.15, 0.2) is 78.9 Å². The smallest absolute Gasteiger partial charge is 0.346 e. The average molecular weight is 434 g/mol. The topological polar surface area (TPSA) is 65.1 Å². The molecule has 6 nitrogen and oxygen atoms in total. The number of methoxy groups -OCH3 is 2. The lowest BCUT2D eigenvalue weighted by atomic mass is 10.1. The number of ether oxygens (including phenoxy) is 3. The molecule has 0 aliphatic heterocycles. The summed E-state index contributed by atoms with van der Waals surface area (Å²) < 4.78 is 16.1. The van der Waals surface area contributed by atoms with Gasteiger partial charge in [-0.15, -0.1) is 0 Å². The van der Waals surface area contributed by atoms with Crippen molar-refractivity contribution in [2.45, 2.75) is 26.1 Å². The van der Waals surface area contributed by atoms with E-state index in [0.717, 1.165) is 11.1 Å². The number of hydrogen-bond donors (Lipinski definition) is 0. The molecular weight excluding hydrogens is 406 g/mol. The van der Waals surface area contributed by atoms with E-state index in [1.807, 2.05) is 60.7 Å². The van der Waals surface area contributed by atoms with Crippen LogP contribution in [0.5, 0.6) is 11.5 Å². The van der Waals surface area contributed by atoms with Crippen LogP contribution in [0.3, 0.4) is 0 Å². The van der Waals surface area contributed by atoms with Crippen LogP contribution in [0, 0.1) is 0 Å². The van der Waals surface area contributed by atoms with Gasteiger partial charge in [-0.2, -0.15) is 0 Å². The number of rotatable bonds is 9. The lowest BCUT2D eigenvalue weighted by Gasteiger charge is -2.26. The highest BCUT2D eigenvalue weighted by atomic mass is 16.6. The maximum Gasteiger partial charge on any atom is 0.346 e. The number of hydrogen-bond acceptors (Lipinski definition) is 5. The highest BCUT2D eigenvalue weighted by Crippen LogP contribution is 2.29. The number of nitrogens with zero attached hydrogens (tertiary/aromatic N) is 1. The molecule has 0 radical (unpaired) electrons. The van der Waals surface area contributed by atoms with Gasteiger partial charge in [0.25, 0.3) is 5.91 Å². The molecule has 0 saturated carbocycles. The second-order valence-electron chi connectivity index (χ2n) is 7.25. The Morgan fingerprint density at radius 1 is 0.750 bits per heavy atom. The molecule has 1 amide bonds. The minimum Gasteiger partial charge on any atom is -0.496 e. The van der Waals surface area contributed by atoms with Gasteiger partial charge in [-0.25, -0.2) is 4.79 Å². The fraction of sp³-hybridized carbons (Fsp3) is 0.231. The molecule has 3 aromatic carbocycles. The SMILES string of the molecule is COc1cccc(OC)c1C(=O)O[C@H](C)C(=O)N(Cc1ccccc1)Cc1ccccc1. The van der Waals surface area contributed by atoms with Gasteiger partial charge in [-0.3, -0.25) is 4.79 Å². The molecule has 1 atom stereocenters. The number of benzene rings is 3. The number of esters is 1. The lowest BCUT2D eigenvalue weighted by Crippen LogP contribution is -2.39. The first kappa shape index (κ1) is 22.9. The summed E-state index contributed by atoms with van der Waals surface area (Å²) in [6.07, 6.45) is -0.996. The van der Waals surface area contributed by atoms with Gasteiger partial charge in [0, 0.05) is 13.1 Å². The molecule has 32 heavy (non-hydrogen) atoms. The quantitative estimate of drug-likeness (QED) is 0.466. The van der Waals surface area contributed by atoms with E-state index in [0.29, 0.717) is 24.6 Å². The molecule has 0 heterocycles. The molecule has 0 N–H and O–H groups in total. The molecule has 0 aromatic heterocycles. The predicted molar refractivity (Wildman–Crippen MR) is 122 cm³/mol. The van der Waals surface area contributed by atoms with Crippen molar-refractivity contribution in [2.75, 3.05) is 14.2 Å². The van der Waals surface area contributed by atoms with Crippen LogP contribution in [0.4, 0.5) is 0 Å². The Bertz CT molecular complexity index is 973. The van der Waals surface area contributed by atoms with Crippen LogP contribution in [0.1, 0.15) is 28.4 Å². The molecule has 0 unspecified atom stereocenters. The summed E-state index contributed by atoms with van der Waals surface area (Å²) in [6.45, 7) is 2.37. The van der Waals surface area contributed by atoms with E-state index in [1.54, 1.807) is 30.0 Å². The van der Waals surface area contributed by atoms with Crippen molar-refractivity contribution in [2.24, 2.45) is 0 Å². The van der Waals surface area contributed by atoms with E-state index in [9.17, 15) is 9.59 Å². The predicted octanol–water partition coefficient (Wildman–Crippen LogP) is 4.48. The van der Waals surface area contributed by atoms with Gasteiger partial charge in [0.15, 0.2) is 6.10 Å². The summed E-state index contributed by atoms with van der Waals surface area (Å²) in [5, 5.41) is 0. The Morgan fingerprint density at radius 2 is 1.22 bits per heavy atom. The van der Waals surface area contributed by atoms with E-state index >= 15 is 0 Å². The fourth-order valence-electron chi connectivity index (χ4n) is 3.40. The summed E-state index contributed by atoms with van der Waals surface area (Å²) in [5.74, 6) is -0.335. The standard InChI is InChI=1S/C26H27NO5/c1-19(32-26(29)24-22(30-2)15-10-16-23(24)31-3)25(28)27(17-20-11-6-4-7-12-20)18-21-13-8-5-9-14-21/h4-16,19H,17-18H2,1-3H3/t19-/m1/s1. The van der Waals surface area contributed by atoms with Gasteiger partial charge < -0.3 is 19.1 Å². The fourth-order valence-corrected chi connectivity index (χ4v) is 3.40. The lowest BCUT2D eigenvalue weighted by molar-refractivity contribution is -0.141. The zero-order valence-electron chi connectivity index (χ0n) is 18.5. The van der Waals surface area contributed by atoms with Crippen LogP contribution >= 0.6 is 0 Å². The first-order valence-electron chi connectivity index (χ1n) is 10.3. The van der Waals surface area contributed by atoms with Crippen LogP contribution < -0.4 is 9.47 Å². The third-order valence-electron chi connectivity index (χ3n) is 5.01. The molecule has 0 spiro atoms. The molecule has 3 rings (SSSR count). The van der Waals surface area contributed by atoms with Crippen molar-refractivity contribution in [1.82, 2.24) is 4.90 Å². The van der Waals surface area contributed by atoms with Gasteiger partial charge in [0.1, 0.15) is 17.1 Å². The molecule has 166 valence electrons. The average Bonchev–Trinajstić information content (AvgIpc) is 2.83.